The molecule has 0 bridgehead atoms. The Morgan fingerprint density at radius 3 is 2.48 bits per heavy atom. The molecule has 0 amide bonds. The van der Waals surface area contributed by atoms with Crippen LogP contribution in [0.25, 0.3) is 0 Å². The minimum absolute atomic E-state index is 0.0536. The molecule has 25 heavy (non-hydrogen) atoms. The number of aromatic hydroxyl groups is 1. The highest BCUT2D eigenvalue weighted by Gasteiger charge is 2.37. The Kier molecular flexibility index (Phi) is 4.08. The Labute approximate surface area is 143 Å². The van der Waals surface area contributed by atoms with Gasteiger partial charge in [0, 0.05) is 29.4 Å². The molecule has 0 saturated heterocycles. The summed E-state index contributed by atoms with van der Waals surface area (Å²) in [7, 11) is 2.73. The number of carbonyl (C=O) groups is 3. The molecule has 1 N–H and O–H groups in total. The molecule has 0 spiro atoms. The number of methoxy groups -OCH3 is 2. The molecule has 1 unspecified atom stereocenters. The van der Waals surface area contributed by atoms with Gasteiger partial charge in [-0.05, 0) is 6.92 Å². The van der Waals surface area contributed by atoms with Gasteiger partial charge in [0.2, 0.25) is 5.78 Å². The number of carbonyl (C=O) groups excluding carboxylic acids is 3. The summed E-state index contributed by atoms with van der Waals surface area (Å²) in [6.07, 6.45) is 1.13. The van der Waals surface area contributed by atoms with E-state index in [2.05, 4.69) is 0 Å². The summed E-state index contributed by atoms with van der Waals surface area (Å²) in [4.78, 5) is 36.7. The van der Waals surface area contributed by atoms with Crippen LogP contribution < -0.4 is 9.47 Å². The van der Waals surface area contributed by atoms with Crippen molar-refractivity contribution in [3.8, 4) is 17.2 Å². The highest BCUT2D eigenvalue weighted by Crippen LogP contribution is 2.43. The lowest BCUT2D eigenvalue weighted by Gasteiger charge is -2.29. The summed E-state index contributed by atoms with van der Waals surface area (Å²) in [5, 5.41) is 10.1. The molecule has 0 aromatic heterocycles. The second kappa shape index (κ2) is 6.08. The fourth-order valence-corrected chi connectivity index (χ4v) is 2.95. The van der Waals surface area contributed by atoms with Gasteiger partial charge in [-0.1, -0.05) is 0 Å². The largest absolute Gasteiger partial charge is 0.507 e. The Hall–Kier alpha value is -3.09. The second-order valence-corrected chi connectivity index (χ2v) is 5.70. The molecule has 7 heteroatoms. The molecule has 7 nitrogen and oxygen atoms in total. The van der Waals surface area contributed by atoms with E-state index in [0.29, 0.717) is 11.3 Å². The van der Waals surface area contributed by atoms with E-state index in [-0.39, 0.29) is 40.6 Å². The average molecular weight is 344 g/mol. The lowest BCUT2D eigenvalue weighted by Crippen LogP contribution is -2.33. The second-order valence-electron chi connectivity index (χ2n) is 5.70. The van der Waals surface area contributed by atoms with Crippen LogP contribution in [0.4, 0.5) is 0 Å². The van der Waals surface area contributed by atoms with Gasteiger partial charge in [0.1, 0.15) is 28.9 Å². The standard InChI is InChI=1S/C18H16O7/c1-8-14(23-2)6-12(21)17-13(22)7-15(25-18(8)17)9-4-11(20)16(24-3)5-10(9)19/h4-6,15,21H,7H2,1-3H3. The first-order chi connectivity index (χ1) is 11.9. The molecule has 0 radical (unpaired) electrons. The van der Waals surface area contributed by atoms with Crippen molar-refractivity contribution in [2.45, 2.75) is 19.4 Å². The van der Waals surface area contributed by atoms with E-state index >= 15 is 0 Å². The highest BCUT2D eigenvalue weighted by atomic mass is 16.5. The molecule has 1 aromatic carbocycles. The van der Waals surface area contributed by atoms with E-state index in [1.807, 2.05) is 0 Å². The number of hydrogen-bond acceptors (Lipinski definition) is 7. The fraction of sp³-hybridized carbons (Fsp3) is 0.278. The van der Waals surface area contributed by atoms with Crippen LogP contribution >= 0.6 is 0 Å². The number of fused-ring (bicyclic) bond motifs is 1. The topological polar surface area (TPSA) is 99.1 Å². The van der Waals surface area contributed by atoms with Gasteiger partial charge in [0.15, 0.2) is 17.3 Å². The summed E-state index contributed by atoms with van der Waals surface area (Å²) in [6.45, 7) is 1.68. The minimum Gasteiger partial charge on any atom is -0.507 e. The first-order valence-corrected chi connectivity index (χ1v) is 7.53. The summed E-state index contributed by atoms with van der Waals surface area (Å²) in [5.41, 5.74) is 0.654. The van der Waals surface area contributed by atoms with Crippen molar-refractivity contribution >= 4 is 17.3 Å². The van der Waals surface area contributed by atoms with Gasteiger partial charge < -0.3 is 19.3 Å². The normalized spacial score (nSPS) is 19.6. The SMILES string of the molecule is COC1=CC(=O)C(C2CC(=O)c3c(O)cc(OC)c(C)c3O2)=CC1=O. The van der Waals surface area contributed by atoms with Crippen LogP contribution in [0.3, 0.4) is 0 Å². The molecule has 1 aliphatic heterocycles. The number of Topliss-reactive ketones (excluding diaryl/α,β-unsaturated/α-hetero) is 1. The van der Waals surface area contributed by atoms with Gasteiger partial charge in [0.05, 0.1) is 20.6 Å². The summed E-state index contributed by atoms with van der Waals surface area (Å²) in [5.74, 6) is -1.11. The number of allylic oxidation sites excluding steroid dienone is 2. The van der Waals surface area contributed by atoms with E-state index in [0.717, 1.165) is 12.2 Å². The van der Waals surface area contributed by atoms with Crippen LogP contribution in [0.1, 0.15) is 22.3 Å². The van der Waals surface area contributed by atoms with Crippen molar-refractivity contribution < 1.29 is 33.7 Å². The molecule has 1 aliphatic carbocycles. The molecule has 2 aliphatic rings. The third-order valence-corrected chi connectivity index (χ3v) is 4.23. The zero-order valence-corrected chi connectivity index (χ0v) is 13.9. The maximum atomic E-state index is 12.5. The Morgan fingerprint density at radius 2 is 1.84 bits per heavy atom. The average Bonchev–Trinajstić information content (AvgIpc) is 2.58. The van der Waals surface area contributed by atoms with E-state index in [9.17, 15) is 19.5 Å². The highest BCUT2D eigenvalue weighted by molar-refractivity contribution is 6.20. The third-order valence-electron chi connectivity index (χ3n) is 4.23. The maximum Gasteiger partial charge on any atom is 0.221 e. The molecule has 130 valence electrons. The van der Waals surface area contributed by atoms with Gasteiger partial charge in [-0.3, -0.25) is 14.4 Å². The van der Waals surface area contributed by atoms with Crippen LogP contribution in [-0.4, -0.2) is 42.8 Å². The monoisotopic (exact) mass is 344 g/mol. The Morgan fingerprint density at radius 1 is 1.12 bits per heavy atom. The number of ether oxygens (including phenoxy) is 3. The predicted molar refractivity (Wildman–Crippen MR) is 85.9 cm³/mol. The van der Waals surface area contributed by atoms with Crippen molar-refractivity contribution in [1.29, 1.82) is 0 Å². The summed E-state index contributed by atoms with van der Waals surface area (Å²) in [6, 6.07) is 1.35. The zero-order valence-electron chi connectivity index (χ0n) is 13.9. The number of phenols is 1. The van der Waals surface area contributed by atoms with Crippen LogP contribution in [0, 0.1) is 6.92 Å². The molecular weight excluding hydrogens is 328 g/mol. The molecular formula is C18H16O7. The van der Waals surface area contributed by atoms with Gasteiger partial charge in [-0.2, -0.15) is 0 Å². The third kappa shape index (κ3) is 2.67. The van der Waals surface area contributed by atoms with Gasteiger partial charge >= 0.3 is 0 Å². The number of benzene rings is 1. The van der Waals surface area contributed by atoms with Crippen LogP contribution in [0.5, 0.6) is 17.2 Å². The van der Waals surface area contributed by atoms with Crippen molar-refractivity contribution in [3.05, 3.63) is 40.7 Å². The summed E-state index contributed by atoms with van der Waals surface area (Å²) >= 11 is 0. The first-order valence-electron chi connectivity index (χ1n) is 7.53. The number of ketones is 3. The van der Waals surface area contributed by atoms with Gasteiger partial charge in [-0.25, -0.2) is 0 Å². The lowest BCUT2D eigenvalue weighted by atomic mass is 9.89. The molecule has 0 fully saturated rings. The van der Waals surface area contributed by atoms with E-state index < -0.39 is 17.7 Å². The number of phenolic OH excluding ortho intramolecular Hbond substituents is 1. The Balaban J connectivity index is 2.03. The maximum absolute atomic E-state index is 12.5. The lowest BCUT2D eigenvalue weighted by molar-refractivity contribution is -0.117. The zero-order chi connectivity index (χ0) is 18.3. The van der Waals surface area contributed by atoms with E-state index in [1.54, 1.807) is 6.92 Å². The van der Waals surface area contributed by atoms with Crippen molar-refractivity contribution in [3.63, 3.8) is 0 Å². The molecule has 0 saturated carbocycles. The number of rotatable bonds is 3. The minimum atomic E-state index is -0.920. The van der Waals surface area contributed by atoms with E-state index in [1.165, 1.54) is 20.3 Å². The predicted octanol–water partition coefficient (Wildman–Crippen LogP) is 1.65. The van der Waals surface area contributed by atoms with Gasteiger partial charge in [0.25, 0.3) is 0 Å². The molecule has 1 heterocycles. The van der Waals surface area contributed by atoms with Crippen LogP contribution in [0.15, 0.2) is 29.6 Å². The number of hydrogen-bond donors (Lipinski definition) is 1. The van der Waals surface area contributed by atoms with Crippen LogP contribution in [-0.2, 0) is 14.3 Å². The van der Waals surface area contributed by atoms with Gasteiger partial charge in [-0.15, -0.1) is 0 Å². The quantitative estimate of drug-likeness (QED) is 0.832. The van der Waals surface area contributed by atoms with Crippen LogP contribution in [0.2, 0.25) is 0 Å². The fourth-order valence-electron chi connectivity index (χ4n) is 2.95. The first kappa shape index (κ1) is 16.8. The molecule has 3 rings (SSSR count). The van der Waals surface area contributed by atoms with E-state index in [4.69, 9.17) is 14.2 Å². The Bertz CT molecular complexity index is 861. The molecule has 1 aromatic rings. The van der Waals surface area contributed by atoms with Crippen molar-refractivity contribution in [2.24, 2.45) is 0 Å². The smallest absolute Gasteiger partial charge is 0.221 e. The van der Waals surface area contributed by atoms with Crippen molar-refractivity contribution in [1.82, 2.24) is 0 Å². The summed E-state index contributed by atoms with van der Waals surface area (Å²) < 4.78 is 15.8. The van der Waals surface area contributed by atoms with Crippen molar-refractivity contribution in [2.75, 3.05) is 14.2 Å². The molecule has 1 atom stereocenters.